The molecule has 0 aromatic carbocycles. The summed E-state index contributed by atoms with van der Waals surface area (Å²) in [6, 6.07) is 0. The average molecular weight is 317 g/mol. The summed E-state index contributed by atoms with van der Waals surface area (Å²) in [6.45, 7) is 14.7. The second-order valence-electron chi connectivity index (χ2n) is 7.26. The topological polar surface area (TPSA) is 44.3 Å². The number of likely N-dealkylation sites (tertiary alicyclic amines) is 1. The lowest BCUT2D eigenvalue weighted by Crippen LogP contribution is -2.71. The molecule has 1 N–H and O–H groups in total. The Hall–Kier alpha value is -1.20. The number of aryl methyl sites for hydroxylation is 1. The molecule has 23 heavy (non-hydrogen) atoms. The fourth-order valence-corrected chi connectivity index (χ4v) is 3.96. The van der Waals surface area contributed by atoms with Gasteiger partial charge in [-0.05, 0) is 31.2 Å². The maximum absolute atomic E-state index is 4.45. The van der Waals surface area contributed by atoms with Gasteiger partial charge in [-0.25, -0.2) is 9.97 Å². The molecule has 0 amide bonds. The molecule has 4 rings (SSSR count). The van der Waals surface area contributed by atoms with E-state index in [-0.39, 0.29) is 0 Å². The van der Waals surface area contributed by atoms with E-state index >= 15 is 0 Å². The first-order valence-electron chi connectivity index (χ1n) is 9.19. The minimum atomic E-state index is 0.663. The molecule has 3 fully saturated rings. The Bertz CT molecular complexity index is 481. The highest BCUT2D eigenvalue weighted by molar-refractivity contribution is 5.30. The van der Waals surface area contributed by atoms with Crippen molar-refractivity contribution >= 4 is 5.95 Å². The Morgan fingerprint density at radius 1 is 1.13 bits per heavy atom. The van der Waals surface area contributed by atoms with Crippen LogP contribution in [0.25, 0.3) is 0 Å². The van der Waals surface area contributed by atoms with E-state index in [0.29, 0.717) is 5.41 Å². The minimum absolute atomic E-state index is 0.663. The van der Waals surface area contributed by atoms with Crippen LogP contribution in [0.4, 0.5) is 5.95 Å². The van der Waals surface area contributed by atoms with Gasteiger partial charge in [-0.15, -0.1) is 0 Å². The molecule has 3 aliphatic heterocycles. The number of anilines is 1. The largest absolute Gasteiger partial charge is 0.341 e. The first-order chi connectivity index (χ1) is 11.2. The lowest BCUT2D eigenvalue weighted by Gasteiger charge is -2.57. The zero-order valence-electron chi connectivity index (χ0n) is 14.9. The van der Waals surface area contributed by atoms with Gasteiger partial charge in [0.15, 0.2) is 0 Å². The van der Waals surface area contributed by atoms with Crippen molar-refractivity contribution in [2.45, 2.75) is 33.6 Å². The third-order valence-corrected chi connectivity index (χ3v) is 5.30. The van der Waals surface area contributed by atoms with Crippen LogP contribution in [0.2, 0.25) is 0 Å². The van der Waals surface area contributed by atoms with Gasteiger partial charge in [-0.1, -0.05) is 13.8 Å². The standard InChI is InChI=1S/C16H25N5.C2H6/c1-13-6-18-15(19-7-13)21-4-2-14(3-5-21)8-20-11-16(12-20)9-17-10-16;1-2/h6-7,14,17H,2-5,8-12H2,1H3;1-2H3. The molecule has 4 heterocycles. The summed E-state index contributed by atoms with van der Waals surface area (Å²) in [5.41, 5.74) is 1.79. The number of rotatable bonds is 3. The van der Waals surface area contributed by atoms with Crippen molar-refractivity contribution in [1.29, 1.82) is 0 Å². The van der Waals surface area contributed by atoms with E-state index < -0.39 is 0 Å². The third kappa shape index (κ3) is 3.66. The molecule has 5 heteroatoms. The molecule has 5 nitrogen and oxygen atoms in total. The van der Waals surface area contributed by atoms with Crippen LogP contribution >= 0.6 is 0 Å². The molecule has 0 atom stereocenters. The molecule has 1 aromatic rings. The van der Waals surface area contributed by atoms with Gasteiger partial charge in [0.2, 0.25) is 5.95 Å². The van der Waals surface area contributed by atoms with Gasteiger partial charge < -0.3 is 15.1 Å². The highest BCUT2D eigenvalue weighted by atomic mass is 15.3. The lowest BCUT2D eigenvalue weighted by molar-refractivity contribution is -0.0485. The monoisotopic (exact) mass is 317 g/mol. The molecule has 128 valence electrons. The molecule has 3 saturated heterocycles. The fraction of sp³-hybridized carbons (Fsp3) is 0.778. The fourth-order valence-electron chi connectivity index (χ4n) is 3.96. The minimum Gasteiger partial charge on any atom is -0.341 e. The van der Waals surface area contributed by atoms with Crippen molar-refractivity contribution in [2.75, 3.05) is 50.7 Å². The Morgan fingerprint density at radius 2 is 1.74 bits per heavy atom. The summed E-state index contributed by atoms with van der Waals surface area (Å²) in [4.78, 5) is 13.9. The molecule has 1 spiro atoms. The summed E-state index contributed by atoms with van der Waals surface area (Å²) < 4.78 is 0. The van der Waals surface area contributed by atoms with Crippen molar-refractivity contribution < 1.29 is 0 Å². The van der Waals surface area contributed by atoms with E-state index in [1.54, 1.807) is 0 Å². The zero-order chi connectivity index (χ0) is 16.3. The predicted octanol–water partition coefficient (Wildman–Crippen LogP) is 1.93. The predicted molar refractivity (Wildman–Crippen MR) is 94.8 cm³/mol. The summed E-state index contributed by atoms with van der Waals surface area (Å²) in [5, 5.41) is 3.41. The van der Waals surface area contributed by atoms with Gasteiger partial charge in [0.25, 0.3) is 0 Å². The van der Waals surface area contributed by atoms with Crippen LogP contribution in [0.5, 0.6) is 0 Å². The molecule has 0 radical (unpaired) electrons. The highest BCUT2D eigenvalue weighted by Crippen LogP contribution is 2.35. The normalized spacial score (nSPS) is 23.7. The van der Waals surface area contributed by atoms with Crippen LogP contribution in [-0.4, -0.2) is 60.7 Å². The van der Waals surface area contributed by atoms with E-state index in [1.807, 2.05) is 33.2 Å². The average Bonchev–Trinajstić information content (AvgIpc) is 2.52. The second kappa shape index (κ2) is 7.14. The summed E-state index contributed by atoms with van der Waals surface area (Å²) in [7, 11) is 0. The zero-order valence-corrected chi connectivity index (χ0v) is 14.9. The number of nitrogens with zero attached hydrogens (tertiary/aromatic N) is 4. The number of piperidine rings is 1. The van der Waals surface area contributed by atoms with Crippen molar-refractivity contribution in [3.63, 3.8) is 0 Å². The maximum atomic E-state index is 4.45. The van der Waals surface area contributed by atoms with Crippen molar-refractivity contribution in [1.82, 2.24) is 20.2 Å². The number of nitrogens with one attached hydrogen (secondary N) is 1. The quantitative estimate of drug-likeness (QED) is 0.923. The lowest BCUT2D eigenvalue weighted by atomic mass is 9.74. The van der Waals surface area contributed by atoms with E-state index in [4.69, 9.17) is 0 Å². The summed E-state index contributed by atoms with van der Waals surface area (Å²) in [6.07, 6.45) is 6.39. The van der Waals surface area contributed by atoms with Crippen LogP contribution in [0.15, 0.2) is 12.4 Å². The number of hydrogen-bond acceptors (Lipinski definition) is 5. The van der Waals surface area contributed by atoms with Gasteiger partial charge in [-0.2, -0.15) is 0 Å². The summed E-state index contributed by atoms with van der Waals surface area (Å²) >= 11 is 0. The molecule has 0 unspecified atom stereocenters. The molecule has 1 aromatic heterocycles. The van der Waals surface area contributed by atoms with E-state index in [0.717, 1.165) is 30.5 Å². The van der Waals surface area contributed by atoms with Gasteiger partial charge in [-0.3, -0.25) is 0 Å². The van der Waals surface area contributed by atoms with Crippen molar-refractivity contribution in [3.8, 4) is 0 Å². The van der Waals surface area contributed by atoms with E-state index in [1.165, 1.54) is 45.6 Å². The highest BCUT2D eigenvalue weighted by Gasteiger charge is 2.47. The first kappa shape index (κ1) is 16.7. The smallest absolute Gasteiger partial charge is 0.225 e. The summed E-state index contributed by atoms with van der Waals surface area (Å²) in [5.74, 6) is 1.76. The Labute approximate surface area is 140 Å². The van der Waals surface area contributed by atoms with Crippen molar-refractivity contribution in [2.24, 2.45) is 11.3 Å². The first-order valence-corrected chi connectivity index (χ1v) is 9.19. The van der Waals surface area contributed by atoms with E-state index in [2.05, 4.69) is 25.1 Å². The molecular formula is C18H31N5. The Kier molecular flexibility index (Phi) is 5.17. The van der Waals surface area contributed by atoms with Crippen LogP contribution in [-0.2, 0) is 0 Å². The SMILES string of the molecule is CC.Cc1cnc(N2CCC(CN3CC4(CNC4)C3)CC2)nc1. The molecule has 0 bridgehead atoms. The van der Waals surface area contributed by atoms with Crippen LogP contribution in [0.3, 0.4) is 0 Å². The van der Waals surface area contributed by atoms with Crippen molar-refractivity contribution in [3.05, 3.63) is 18.0 Å². The molecule has 0 aliphatic carbocycles. The van der Waals surface area contributed by atoms with Gasteiger partial charge in [0, 0.05) is 63.6 Å². The second-order valence-corrected chi connectivity index (χ2v) is 7.26. The van der Waals surface area contributed by atoms with E-state index in [9.17, 15) is 0 Å². The van der Waals surface area contributed by atoms with Gasteiger partial charge in [0.1, 0.15) is 0 Å². The third-order valence-electron chi connectivity index (χ3n) is 5.30. The Morgan fingerprint density at radius 3 is 2.26 bits per heavy atom. The Balaban J connectivity index is 0.000000753. The van der Waals surface area contributed by atoms with Gasteiger partial charge >= 0.3 is 0 Å². The van der Waals surface area contributed by atoms with Crippen LogP contribution in [0, 0.1) is 18.3 Å². The molecular weight excluding hydrogens is 286 g/mol. The number of hydrogen-bond donors (Lipinski definition) is 1. The molecule has 3 aliphatic rings. The van der Waals surface area contributed by atoms with Crippen LogP contribution in [0.1, 0.15) is 32.3 Å². The van der Waals surface area contributed by atoms with Crippen LogP contribution < -0.4 is 10.2 Å². The maximum Gasteiger partial charge on any atom is 0.225 e. The van der Waals surface area contributed by atoms with Gasteiger partial charge in [0.05, 0.1) is 0 Å². The number of aromatic nitrogens is 2. The molecule has 0 saturated carbocycles.